The minimum atomic E-state index is -0.451. The monoisotopic (exact) mass is 342 g/mol. The van der Waals surface area contributed by atoms with Crippen LogP contribution in [0.25, 0.3) is 0 Å². The SMILES string of the molecule is Cn1cnc([C@@H]2CN(C(=O)C3CC3)C[C@@]23CCN(CC2CC2)C3=O)c1. The van der Waals surface area contributed by atoms with Gasteiger partial charge in [0.2, 0.25) is 11.8 Å². The maximum Gasteiger partial charge on any atom is 0.231 e. The van der Waals surface area contributed by atoms with Crippen molar-refractivity contribution in [1.29, 1.82) is 0 Å². The summed E-state index contributed by atoms with van der Waals surface area (Å²) in [6.45, 7) is 2.98. The third kappa shape index (κ3) is 2.49. The van der Waals surface area contributed by atoms with E-state index in [1.54, 1.807) is 6.33 Å². The largest absolute Gasteiger partial charge is 0.342 e. The van der Waals surface area contributed by atoms with Crippen LogP contribution in [0, 0.1) is 17.3 Å². The van der Waals surface area contributed by atoms with Crippen LogP contribution >= 0.6 is 0 Å². The number of imidazole rings is 1. The Morgan fingerprint density at radius 2 is 2.12 bits per heavy atom. The molecule has 1 spiro atoms. The van der Waals surface area contributed by atoms with E-state index in [9.17, 15) is 9.59 Å². The fourth-order valence-corrected chi connectivity index (χ4v) is 4.77. The molecule has 6 heteroatoms. The molecule has 1 aromatic rings. The fourth-order valence-electron chi connectivity index (χ4n) is 4.77. The van der Waals surface area contributed by atoms with E-state index >= 15 is 0 Å². The van der Waals surface area contributed by atoms with Crippen LogP contribution in [0.1, 0.15) is 43.7 Å². The Morgan fingerprint density at radius 3 is 2.76 bits per heavy atom. The first-order valence-corrected chi connectivity index (χ1v) is 9.63. The maximum absolute atomic E-state index is 13.4. The summed E-state index contributed by atoms with van der Waals surface area (Å²) < 4.78 is 1.94. The molecular weight excluding hydrogens is 316 g/mol. The molecule has 2 aliphatic heterocycles. The maximum atomic E-state index is 13.4. The summed E-state index contributed by atoms with van der Waals surface area (Å²) in [4.78, 5) is 34.7. The van der Waals surface area contributed by atoms with Crippen LogP contribution in [0.3, 0.4) is 0 Å². The summed E-state index contributed by atoms with van der Waals surface area (Å²) in [6, 6.07) is 0. The molecule has 2 atom stereocenters. The number of carbonyl (C=O) groups excluding carboxylic acids is 2. The van der Waals surface area contributed by atoms with Crippen molar-refractivity contribution in [3.63, 3.8) is 0 Å². The first-order valence-electron chi connectivity index (χ1n) is 9.63. The van der Waals surface area contributed by atoms with Crippen LogP contribution in [0.2, 0.25) is 0 Å². The fraction of sp³-hybridized carbons (Fsp3) is 0.737. The van der Waals surface area contributed by atoms with Gasteiger partial charge in [0, 0.05) is 51.3 Å². The first kappa shape index (κ1) is 15.4. The third-order valence-electron chi connectivity index (χ3n) is 6.58. The molecule has 0 radical (unpaired) electrons. The lowest BCUT2D eigenvalue weighted by atomic mass is 9.75. The Labute approximate surface area is 148 Å². The predicted molar refractivity (Wildman–Crippen MR) is 91.6 cm³/mol. The van der Waals surface area contributed by atoms with Crippen molar-refractivity contribution in [3.8, 4) is 0 Å². The molecule has 3 heterocycles. The van der Waals surface area contributed by atoms with Crippen molar-refractivity contribution in [2.75, 3.05) is 26.2 Å². The molecule has 6 nitrogen and oxygen atoms in total. The number of aryl methyl sites for hydroxylation is 1. The number of amides is 2. The van der Waals surface area contributed by atoms with Gasteiger partial charge in [-0.25, -0.2) is 4.98 Å². The molecule has 4 aliphatic rings. The van der Waals surface area contributed by atoms with Gasteiger partial charge in [-0.15, -0.1) is 0 Å². The molecule has 0 bridgehead atoms. The Morgan fingerprint density at radius 1 is 1.32 bits per heavy atom. The molecular formula is C19H26N4O2. The van der Waals surface area contributed by atoms with Crippen LogP contribution in [0.4, 0.5) is 0 Å². The van der Waals surface area contributed by atoms with E-state index in [1.165, 1.54) is 12.8 Å². The average molecular weight is 342 g/mol. The summed E-state index contributed by atoms with van der Waals surface area (Å²) >= 11 is 0. The molecule has 1 aromatic heterocycles. The average Bonchev–Trinajstić information content (AvgIpc) is 3.50. The molecule has 4 fully saturated rings. The minimum Gasteiger partial charge on any atom is -0.342 e. The van der Waals surface area contributed by atoms with E-state index in [-0.39, 0.29) is 23.7 Å². The topological polar surface area (TPSA) is 58.4 Å². The summed E-state index contributed by atoms with van der Waals surface area (Å²) in [5.74, 6) is 1.47. The van der Waals surface area contributed by atoms with E-state index in [4.69, 9.17) is 0 Å². The highest BCUT2D eigenvalue weighted by atomic mass is 16.2. The van der Waals surface area contributed by atoms with Gasteiger partial charge in [-0.2, -0.15) is 0 Å². The number of nitrogens with zero attached hydrogens (tertiary/aromatic N) is 4. The summed E-state index contributed by atoms with van der Waals surface area (Å²) in [7, 11) is 1.96. The molecule has 0 aromatic carbocycles. The summed E-state index contributed by atoms with van der Waals surface area (Å²) in [6.07, 6.45) is 9.22. The highest BCUT2D eigenvalue weighted by Gasteiger charge is 2.59. The van der Waals surface area contributed by atoms with E-state index in [2.05, 4.69) is 9.88 Å². The normalized spacial score (nSPS) is 32.2. The van der Waals surface area contributed by atoms with Crippen molar-refractivity contribution in [2.45, 2.75) is 38.0 Å². The highest BCUT2D eigenvalue weighted by Crippen LogP contribution is 2.51. The molecule has 5 rings (SSSR count). The molecule has 134 valence electrons. The smallest absolute Gasteiger partial charge is 0.231 e. The molecule has 2 saturated heterocycles. The molecule has 2 saturated carbocycles. The van der Waals surface area contributed by atoms with Gasteiger partial charge in [0.25, 0.3) is 0 Å². The number of hydrogen-bond acceptors (Lipinski definition) is 3. The lowest BCUT2D eigenvalue weighted by Gasteiger charge is -2.27. The second kappa shape index (κ2) is 5.32. The van der Waals surface area contributed by atoms with Gasteiger partial charge < -0.3 is 14.4 Å². The minimum absolute atomic E-state index is 0.0353. The second-order valence-electron chi connectivity index (χ2n) is 8.61. The molecule has 2 aliphatic carbocycles. The van der Waals surface area contributed by atoms with Gasteiger partial charge in [0.15, 0.2) is 0 Å². The zero-order chi connectivity index (χ0) is 17.2. The van der Waals surface area contributed by atoms with E-state index < -0.39 is 5.41 Å². The summed E-state index contributed by atoms with van der Waals surface area (Å²) in [5, 5.41) is 0. The number of rotatable bonds is 4. The predicted octanol–water partition coefficient (Wildman–Crippen LogP) is 1.38. The van der Waals surface area contributed by atoms with Crippen molar-refractivity contribution in [2.24, 2.45) is 24.3 Å². The van der Waals surface area contributed by atoms with Crippen molar-refractivity contribution in [1.82, 2.24) is 19.4 Å². The van der Waals surface area contributed by atoms with Crippen LogP contribution < -0.4 is 0 Å². The second-order valence-corrected chi connectivity index (χ2v) is 8.61. The first-order chi connectivity index (χ1) is 12.1. The van der Waals surface area contributed by atoms with Crippen LogP contribution in [-0.4, -0.2) is 57.3 Å². The molecule has 2 amide bonds. The quantitative estimate of drug-likeness (QED) is 0.831. The van der Waals surface area contributed by atoms with E-state index in [0.29, 0.717) is 19.0 Å². The van der Waals surface area contributed by atoms with Crippen molar-refractivity contribution in [3.05, 3.63) is 18.2 Å². The van der Waals surface area contributed by atoms with Gasteiger partial charge in [0.05, 0.1) is 17.4 Å². The highest BCUT2D eigenvalue weighted by molar-refractivity contribution is 5.89. The Balaban J connectivity index is 1.45. The zero-order valence-corrected chi connectivity index (χ0v) is 14.9. The van der Waals surface area contributed by atoms with E-state index in [1.807, 2.05) is 22.7 Å². The van der Waals surface area contributed by atoms with Crippen molar-refractivity contribution >= 4 is 11.8 Å². The molecule has 0 unspecified atom stereocenters. The Kier molecular flexibility index (Phi) is 3.28. The summed E-state index contributed by atoms with van der Waals surface area (Å²) in [5.41, 5.74) is 0.517. The van der Waals surface area contributed by atoms with Gasteiger partial charge in [-0.3, -0.25) is 9.59 Å². The van der Waals surface area contributed by atoms with Gasteiger partial charge in [-0.05, 0) is 38.0 Å². The van der Waals surface area contributed by atoms with Gasteiger partial charge >= 0.3 is 0 Å². The van der Waals surface area contributed by atoms with Crippen LogP contribution in [0.5, 0.6) is 0 Å². The van der Waals surface area contributed by atoms with Crippen LogP contribution in [0.15, 0.2) is 12.5 Å². The van der Waals surface area contributed by atoms with Gasteiger partial charge in [-0.1, -0.05) is 0 Å². The van der Waals surface area contributed by atoms with Gasteiger partial charge in [0.1, 0.15) is 0 Å². The number of likely N-dealkylation sites (tertiary alicyclic amines) is 2. The number of aromatic nitrogens is 2. The molecule has 25 heavy (non-hydrogen) atoms. The van der Waals surface area contributed by atoms with Crippen molar-refractivity contribution < 1.29 is 9.59 Å². The number of carbonyl (C=O) groups is 2. The van der Waals surface area contributed by atoms with E-state index in [0.717, 1.165) is 38.0 Å². The molecule has 0 N–H and O–H groups in total. The Hall–Kier alpha value is -1.85. The lowest BCUT2D eigenvalue weighted by Crippen LogP contribution is -2.41. The third-order valence-corrected chi connectivity index (χ3v) is 6.58. The number of hydrogen-bond donors (Lipinski definition) is 0. The standard InChI is InChI=1S/C19H26N4O2/c1-21-10-16(20-12-21)15-9-23(17(24)14-4-5-14)11-19(15)6-7-22(18(19)25)8-13-2-3-13/h10,12-15H,2-9,11H2,1H3/t15-,19-/m0/s1. The Bertz CT molecular complexity index is 721. The van der Waals surface area contributed by atoms with Crippen LogP contribution in [-0.2, 0) is 16.6 Å². The lowest BCUT2D eigenvalue weighted by molar-refractivity contribution is -0.137. The zero-order valence-electron chi connectivity index (χ0n) is 14.9.